The maximum absolute atomic E-state index is 11.9. The summed E-state index contributed by atoms with van der Waals surface area (Å²) in [6.45, 7) is 8.75. The minimum atomic E-state index is -0.164. The highest BCUT2D eigenvalue weighted by Crippen LogP contribution is 2.13. The van der Waals surface area contributed by atoms with E-state index in [4.69, 9.17) is 4.74 Å². The summed E-state index contributed by atoms with van der Waals surface area (Å²) in [5.74, 6) is 0. The van der Waals surface area contributed by atoms with Crippen molar-refractivity contribution >= 4 is 11.7 Å². The minimum Gasteiger partial charge on any atom is -0.373 e. The Kier molecular flexibility index (Phi) is 5.59. The number of carbonyl (C=O) groups is 1. The van der Waals surface area contributed by atoms with E-state index in [2.05, 4.69) is 36.3 Å². The first kappa shape index (κ1) is 15.8. The Balaban J connectivity index is 1.75. The van der Waals surface area contributed by atoms with Gasteiger partial charge in [-0.15, -0.1) is 0 Å². The smallest absolute Gasteiger partial charge is 0.319 e. The van der Waals surface area contributed by atoms with Gasteiger partial charge in [0.2, 0.25) is 0 Å². The second-order valence-corrected chi connectivity index (χ2v) is 5.76. The van der Waals surface area contributed by atoms with E-state index in [1.807, 2.05) is 30.3 Å². The largest absolute Gasteiger partial charge is 0.373 e. The Morgan fingerprint density at radius 1 is 1.29 bits per heavy atom. The van der Waals surface area contributed by atoms with Crippen LogP contribution in [-0.4, -0.2) is 48.8 Å². The molecule has 21 heavy (non-hydrogen) atoms. The van der Waals surface area contributed by atoms with Crippen LogP contribution in [0.5, 0.6) is 0 Å². The molecule has 3 atom stereocenters. The molecule has 1 heterocycles. The van der Waals surface area contributed by atoms with Crippen LogP contribution in [0.2, 0.25) is 0 Å². The highest BCUT2D eigenvalue weighted by Gasteiger charge is 2.25. The molecule has 0 bridgehead atoms. The van der Waals surface area contributed by atoms with Crippen LogP contribution < -0.4 is 10.6 Å². The fourth-order valence-corrected chi connectivity index (χ4v) is 2.64. The number of hydrogen-bond donors (Lipinski definition) is 2. The standard InChI is InChI=1S/C16H25N3O2/c1-12(19-10-13(2)21-14(3)11-19)9-17-16(20)18-15-7-5-4-6-8-15/h4-8,12-14H,9-11H2,1-3H3,(H2,17,18,20). The van der Waals surface area contributed by atoms with Crippen molar-refractivity contribution in [2.75, 3.05) is 25.0 Å². The molecule has 2 amide bonds. The van der Waals surface area contributed by atoms with Crippen molar-refractivity contribution in [1.29, 1.82) is 0 Å². The van der Waals surface area contributed by atoms with Crippen LogP contribution in [0.4, 0.5) is 10.5 Å². The number of nitrogens with one attached hydrogen (secondary N) is 2. The van der Waals surface area contributed by atoms with E-state index in [1.165, 1.54) is 0 Å². The highest BCUT2D eigenvalue weighted by atomic mass is 16.5. The molecule has 5 nitrogen and oxygen atoms in total. The van der Waals surface area contributed by atoms with E-state index in [0.29, 0.717) is 12.6 Å². The van der Waals surface area contributed by atoms with Gasteiger partial charge in [0.25, 0.3) is 0 Å². The summed E-state index contributed by atoms with van der Waals surface area (Å²) in [7, 11) is 0. The van der Waals surface area contributed by atoms with Crippen LogP contribution in [0, 0.1) is 0 Å². The Labute approximate surface area is 126 Å². The normalized spacial score (nSPS) is 24.3. The minimum absolute atomic E-state index is 0.164. The zero-order valence-electron chi connectivity index (χ0n) is 13.0. The van der Waals surface area contributed by atoms with E-state index in [9.17, 15) is 4.79 Å². The highest BCUT2D eigenvalue weighted by molar-refractivity contribution is 5.89. The topological polar surface area (TPSA) is 53.6 Å². The van der Waals surface area contributed by atoms with E-state index < -0.39 is 0 Å². The second kappa shape index (κ2) is 7.43. The zero-order valence-corrected chi connectivity index (χ0v) is 13.0. The summed E-state index contributed by atoms with van der Waals surface area (Å²) >= 11 is 0. The maximum Gasteiger partial charge on any atom is 0.319 e. The quantitative estimate of drug-likeness (QED) is 0.895. The number of amides is 2. The monoisotopic (exact) mass is 291 g/mol. The molecule has 1 aliphatic rings. The molecular weight excluding hydrogens is 266 g/mol. The molecule has 0 aromatic heterocycles. The number of morpholine rings is 1. The summed E-state index contributed by atoms with van der Waals surface area (Å²) in [5.41, 5.74) is 0.802. The molecule has 1 saturated heterocycles. The van der Waals surface area contributed by atoms with Crippen molar-refractivity contribution in [3.8, 4) is 0 Å². The van der Waals surface area contributed by atoms with Crippen molar-refractivity contribution in [1.82, 2.24) is 10.2 Å². The average Bonchev–Trinajstić information content (AvgIpc) is 2.45. The SMILES string of the molecule is CC1CN(C(C)CNC(=O)Nc2ccccc2)CC(C)O1. The van der Waals surface area contributed by atoms with Gasteiger partial charge in [0.1, 0.15) is 0 Å². The summed E-state index contributed by atoms with van der Waals surface area (Å²) < 4.78 is 5.73. The van der Waals surface area contributed by atoms with Gasteiger partial charge in [-0.05, 0) is 32.9 Å². The molecule has 2 rings (SSSR count). The Bertz CT molecular complexity index is 442. The number of urea groups is 1. The Morgan fingerprint density at radius 2 is 1.90 bits per heavy atom. The summed E-state index contributed by atoms with van der Waals surface area (Å²) in [5, 5.41) is 5.75. The average molecular weight is 291 g/mol. The molecule has 2 N–H and O–H groups in total. The first-order valence-corrected chi connectivity index (χ1v) is 7.54. The van der Waals surface area contributed by atoms with Crippen LogP contribution in [0.25, 0.3) is 0 Å². The van der Waals surface area contributed by atoms with Crippen molar-refractivity contribution in [2.45, 2.75) is 39.0 Å². The third-order valence-electron chi connectivity index (χ3n) is 3.66. The number of para-hydroxylation sites is 1. The molecule has 3 unspecified atom stereocenters. The molecule has 0 spiro atoms. The van der Waals surface area contributed by atoms with Crippen LogP contribution in [0.1, 0.15) is 20.8 Å². The van der Waals surface area contributed by atoms with E-state index in [0.717, 1.165) is 18.8 Å². The molecular formula is C16H25N3O2. The lowest BCUT2D eigenvalue weighted by Gasteiger charge is -2.38. The van der Waals surface area contributed by atoms with Gasteiger partial charge in [-0.25, -0.2) is 4.79 Å². The predicted octanol–water partition coefficient (Wildman–Crippen LogP) is 2.31. The zero-order chi connectivity index (χ0) is 15.2. The number of benzene rings is 1. The lowest BCUT2D eigenvalue weighted by molar-refractivity contribution is -0.0777. The number of hydrogen-bond acceptors (Lipinski definition) is 3. The molecule has 116 valence electrons. The van der Waals surface area contributed by atoms with Crippen LogP contribution in [0.15, 0.2) is 30.3 Å². The van der Waals surface area contributed by atoms with Crippen LogP contribution in [0.3, 0.4) is 0 Å². The van der Waals surface area contributed by atoms with E-state index >= 15 is 0 Å². The van der Waals surface area contributed by atoms with Crippen molar-refractivity contribution < 1.29 is 9.53 Å². The summed E-state index contributed by atoms with van der Waals surface area (Å²) in [4.78, 5) is 14.2. The van der Waals surface area contributed by atoms with E-state index in [1.54, 1.807) is 0 Å². The molecule has 5 heteroatoms. The Morgan fingerprint density at radius 3 is 2.52 bits per heavy atom. The third-order valence-corrected chi connectivity index (χ3v) is 3.66. The number of anilines is 1. The molecule has 0 radical (unpaired) electrons. The van der Waals surface area contributed by atoms with Gasteiger partial charge < -0.3 is 15.4 Å². The summed E-state index contributed by atoms with van der Waals surface area (Å²) in [6.07, 6.45) is 0.490. The number of carbonyl (C=O) groups excluding carboxylic acids is 1. The van der Waals surface area contributed by atoms with Gasteiger partial charge in [0, 0.05) is 31.4 Å². The number of rotatable bonds is 4. The van der Waals surface area contributed by atoms with Gasteiger partial charge >= 0.3 is 6.03 Å². The lowest BCUT2D eigenvalue weighted by Crippen LogP contribution is -2.52. The predicted molar refractivity (Wildman–Crippen MR) is 84.5 cm³/mol. The third kappa shape index (κ3) is 5.02. The van der Waals surface area contributed by atoms with Crippen LogP contribution in [-0.2, 0) is 4.74 Å². The van der Waals surface area contributed by atoms with Gasteiger partial charge in [-0.1, -0.05) is 18.2 Å². The molecule has 1 aromatic carbocycles. The molecule has 1 fully saturated rings. The first-order chi connectivity index (χ1) is 10.0. The van der Waals surface area contributed by atoms with Crippen molar-refractivity contribution in [3.63, 3.8) is 0 Å². The fourth-order valence-electron chi connectivity index (χ4n) is 2.64. The molecule has 1 aliphatic heterocycles. The summed E-state index contributed by atoms with van der Waals surface area (Å²) in [6, 6.07) is 9.58. The lowest BCUT2D eigenvalue weighted by atomic mass is 10.2. The van der Waals surface area contributed by atoms with Gasteiger partial charge in [-0.3, -0.25) is 4.90 Å². The van der Waals surface area contributed by atoms with Crippen LogP contribution >= 0.6 is 0 Å². The Hall–Kier alpha value is -1.59. The first-order valence-electron chi connectivity index (χ1n) is 7.54. The molecule has 0 aliphatic carbocycles. The molecule has 0 saturated carbocycles. The number of nitrogens with zero attached hydrogens (tertiary/aromatic N) is 1. The van der Waals surface area contributed by atoms with Crippen molar-refractivity contribution in [3.05, 3.63) is 30.3 Å². The van der Waals surface area contributed by atoms with Gasteiger partial charge in [-0.2, -0.15) is 0 Å². The van der Waals surface area contributed by atoms with Gasteiger partial charge in [0.05, 0.1) is 12.2 Å². The number of ether oxygens (including phenoxy) is 1. The van der Waals surface area contributed by atoms with E-state index in [-0.39, 0.29) is 18.2 Å². The molecule has 1 aromatic rings. The van der Waals surface area contributed by atoms with Crippen molar-refractivity contribution in [2.24, 2.45) is 0 Å². The second-order valence-electron chi connectivity index (χ2n) is 5.76. The maximum atomic E-state index is 11.9. The van der Waals surface area contributed by atoms with Gasteiger partial charge in [0.15, 0.2) is 0 Å². The fraction of sp³-hybridized carbons (Fsp3) is 0.562.